The van der Waals surface area contributed by atoms with E-state index < -0.39 is 16.0 Å². The molecule has 1 amide bonds. The van der Waals surface area contributed by atoms with Gasteiger partial charge < -0.3 is 9.64 Å². The molecule has 1 aromatic rings. The molecule has 0 aromatic heterocycles. The molecule has 0 spiro atoms. The molecule has 8 heteroatoms. The molecular weight excluding hydrogens is 368 g/mol. The van der Waals surface area contributed by atoms with Crippen molar-refractivity contribution in [1.82, 2.24) is 4.31 Å². The minimum atomic E-state index is -3.29. The summed E-state index contributed by atoms with van der Waals surface area (Å²) in [6.07, 6.45) is 2.64. The van der Waals surface area contributed by atoms with Gasteiger partial charge in [-0.1, -0.05) is 6.92 Å². The molecule has 1 fully saturated rings. The molecule has 3 rings (SSSR count). The van der Waals surface area contributed by atoms with Crippen molar-refractivity contribution in [3.8, 4) is 0 Å². The lowest BCUT2D eigenvalue weighted by Gasteiger charge is -2.33. The maximum Gasteiger partial charge on any atom is 0.337 e. The number of ether oxygens (including phenoxy) is 1. The number of piperidine rings is 1. The Balaban J connectivity index is 1.75. The number of carbonyl (C=O) groups is 2. The van der Waals surface area contributed by atoms with Crippen LogP contribution in [0.4, 0.5) is 5.69 Å². The summed E-state index contributed by atoms with van der Waals surface area (Å²) < 4.78 is 30.9. The molecule has 27 heavy (non-hydrogen) atoms. The van der Waals surface area contributed by atoms with Gasteiger partial charge in [0.25, 0.3) is 0 Å². The number of fused-ring (bicyclic) bond motifs is 1. The summed E-state index contributed by atoms with van der Waals surface area (Å²) in [5.41, 5.74) is 2.22. The van der Waals surface area contributed by atoms with Crippen molar-refractivity contribution in [2.45, 2.75) is 32.6 Å². The number of nitrogens with zero attached hydrogens (tertiary/aromatic N) is 2. The molecule has 1 aromatic carbocycles. The van der Waals surface area contributed by atoms with Crippen molar-refractivity contribution in [2.24, 2.45) is 5.92 Å². The van der Waals surface area contributed by atoms with Crippen LogP contribution in [0, 0.1) is 5.92 Å². The minimum Gasteiger partial charge on any atom is -0.465 e. The van der Waals surface area contributed by atoms with Crippen LogP contribution >= 0.6 is 0 Å². The molecule has 1 unspecified atom stereocenters. The van der Waals surface area contributed by atoms with E-state index in [0.717, 1.165) is 11.3 Å². The third-order valence-corrected chi connectivity index (χ3v) is 7.29. The standard InChI is InChI=1S/C19H26N2O5S/c1-3-11-27(24,25)20-9-4-5-16(13-20)18(22)21-10-8-14-12-15(19(23)26-2)6-7-17(14)21/h6-7,12,16H,3-5,8-11,13H2,1-2H3. The topological polar surface area (TPSA) is 84.0 Å². The molecule has 0 radical (unpaired) electrons. The number of anilines is 1. The molecular formula is C19H26N2O5S. The smallest absolute Gasteiger partial charge is 0.337 e. The number of hydrogen-bond acceptors (Lipinski definition) is 5. The molecule has 7 nitrogen and oxygen atoms in total. The van der Waals surface area contributed by atoms with Crippen LogP contribution in [0.25, 0.3) is 0 Å². The molecule has 1 atom stereocenters. The quantitative estimate of drug-likeness (QED) is 0.711. The Morgan fingerprint density at radius 3 is 2.74 bits per heavy atom. The van der Waals surface area contributed by atoms with Crippen molar-refractivity contribution in [2.75, 3.05) is 37.4 Å². The SMILES string of the molecule is CCCS(=O)(=O)N1CCCC(C(=O)N2CCc3cc(C(=O)OC)ccc32)C1. The molecule has 2 aliphatic rings. The molecule has 2 heterocycles. The normalized spacial score (nSPS) is 20.4. The zero-order valence-corrected chi connectivity index (χ0v) is 16.6. The molecule has 148 valence electrons. The van der Waals surface area contributed by atoms with Crippen LogP contribution < -0.4 is 4.90 Å². The largest absolute Gasteiger partial charge is 0.465 e. The van der Waals surface area contributed by atoms with Gasteiger partial charge in [0, 0.05) is 25.3 Å². The highest BCUT2D eigenvalue weighted by molar-refractivity contribution is 7.89. The molecule has 1 saturated heterocycles. The number of hydrogen-bond donors (Lipinski definition) is 0. The van der Waals surface area contributed by atoms with Gasteiger partial charge in [0.2, 0.25) is 15.9 Å². The van der Waals surface area contributed by atoms with E-state index in [1.165, 1.54) is 11.4 Å². The van der Waals surface area contributed by atoms with Gasteiger partial charge in [-0.05, 0) is 49.4 Å². The zero-order valence-electron chi connectivity index (χ0n) is 15.8. The Bertz CT molecular complexity index is 837. The number of amides is 1. The lowest BCUT2D eigenvalue weighted by atomic mass is 9.98. The highest BCUT2D eigenvalue weighted by Crippen LogP contribution is 2.32. The predicted octanol–water partition coefficient (Wildman–Crippen LogP) is 1.81. The third-order valence-electron chi connectivity index (χ3n) is 5.25. The number of sulfonamides is 1. The average Bonchev–Trinajstić information content (AvgIpc) is 3.10. The second kappa shape index (κ2) is 7.98. The van der Waals surface area contributed by atoms with Crippen LogP contribution in [0.2, 0.25) is 0 Å². The van der Waals surface area contributed by atoms with Crippen molar-refractivity contribution in [3.05, 3.63) is 29.3 Å². The van der Waals surface area contributed by atoms with Crippen LogP contribution in [0.15, 0.2) is 18.2 Å². The molecule has 0 N–H and O–H groups in total. The minimum absolute atomic E-state index is 0.0315. The Morgan fingerprint density at radius 2 is 2.04 bits per heavy atom. The van der Waals surface area contributed by atoms with E-state index in [-0.39, 0.29) is 24.1 Å². The van der Waals surface area contributed by atoms with Crippen molar-refractivity contribution < 1.29 is 22.7 Å². The summed E-state index contributed by atoms with van der Waals surface area (Å²) in [7, 11) is -1.95. The summed E-state index contributed by atoms with van der Waals surface area (Å²) in [5, 5.41) is 0. The van der Waals surface area contributed by atoms with E-state index in [4.69, 9.17) is 4.74 Å². The van der Waals surface area contributed by atoms with E-state index in [2.05, 4.69) is 0 Å². The van der Waals surface area contributed by atoms with Gasteiger partial charge in [0.15, 0.2) is 0 Å². The van der Waals surface area contributed by atoms with Gasteiger partial charge in [0.1, 0.15) is 0 Å². The first-order valence-corrected chi connectivity index (χ1v) is 11.0. The van der Waals surface area contributed by atoms with Crippen LogP contribution in [-0.4, -0.2) is 57.1 Å². The summed E-state index contributed by atoms with van der Waals surface area (Å²) in [6, 6.07) is 5.21. The predicted molar refractivity (Wildman–Crippen MR) is 102 cm³/mol. The third kappa shape index (κ3) is 4.01. The number of benzene rings is 1. The zero-order chi connectivity index (χ0) is 19.6. The number of methoxy groups -OCH3 is 1. The first-order valence-electron chi connectivity index (χ1n) is 9.37. The Labute approximate surface area is 160 Å². The van der Waals surface area contributed by atoms with Gasteiger partial charge in [0.05, 0.1) is 24.3 Å². The highest BCUT2D eigenvalue weighted by Gasteiger charge is 2.36. The van der Waals surface area contributed by atoms with Crippen LogP contribution in [-0.2, 0) is 26.0 Å². The first kappa shape index (κ1) is 19.8. The second-order valence-corrected chi connectivity index (χ2v) is 9.18. The summed E-state index contributed by atoms with van der Waals surface area (Å²) >= 11 is 0. The van der Waals surface area contributed by atoms with E-state index >= 15 is 0 Å². The fraction of sp³-hybridized carbons (Fsp3) is 0.579. The number of esters is 1. The maximum absolute atomic E-state index is 13.1. The van der Waals surface area contributed by atoms with Gasteiger partial charge in [-0.15, -0.1) is 0 Å². The Morgan fingerprint density at radius 1 is 1.26 bits per heavy atom. The summed E-state index contributed by atoms with van der Waals surface area (Å²) in [6.45, 7) is 3.14. The molecule has 0 saturated carbocycles. The van der Waals surface area contributed by atoms with Crippen LogP contribution in [0.1, 0.15) is 42.1 Å². The fourth-order valence-electron chi connectivity index (χ4n) is 3.88. The Hall–Kier alpha value is -1.93. The van der Waals surface area contributed by atoms with Crippen LogP contribution in [0.3, 0.4) is 0 Å². The maximum atomic E-state index is 13.1. The number of rotatable bonds is 5. The van der Waals surface area contributed by atoms with Crippen molar-refractivity contribution in [1.29, 1.82) is 0 Å². The fourth-order valence-corrected chi connectivity index (χ4v) is 5.47. The van der Waals surface area contributed by atoms with Gasteiger partial charge in [-0.3, -0.25) is 4.79 Å². The molecule has 0 bridgehead atoms. The van der Waals surface area contributed by atoms with Crippen molar-refractivity contribution in [3.63, 3.8) is 0 Å². The van der Waals surface area contributed by atoms with E-state index in [0.29, 0.717) is 44.3 Å². The lowest BCUT2D eigenvalue weighted by molar-refractivity contribution is -0.123. The van der Waals surface area contributed by atoms with Gasteiger partial charge >= 0.3 is 5.97 Å². The summed E-state index contributed by atoms with van der Waals surface area (Å²) in [4.78, 5) is 26.5. The van der Waals surface area contributed by atoms with E-state index in [1.54, 1.807) is 23.1 Å². The average molecular weight is 394 g/mol. The molecule has 2 aliphatic heterocycles. The van der Waals surface area contributed by atoms with Crippen molar-refractivity contribution >= 4 is 27.6 Å². The first-order chi connectivity index (χ1) is 12.9. The monoisotopic (exact) mass is 394 g/mol. The summed E-state index contributed by atoms with van der Waals surface area (Å²) in [5.74, 6) is -0.629. The number of carbonyl (C=O) groups excluding carboxylic acids is 2. The van der Waals surface area contributed by atoms with E-state index in [9.17, 15) is 18.0 Å². The van der Waals surface area contributed by atoms with Crippen LogP contribution in [0.5, 0.6) is 0 Å². The second-order valence-electron chi connectivity index (χ2n) is 7.09. The highest BCUT2D eigenvalue weighted by atomic mass is 32.2. The lowest BCUT2D eigenvalue weighted by Crippen LogP contribution is -2.47. The van der Waals surface area contributed by atoms with Gasteiger partial charge in [-0.2, -0.15) is 0 Å². The van der Waals surface area contributed by atoms with Gasteiger partial charge in [-0.25, -0.2) is 17.5 Å². The van der Waals surface area contributed by atoms with E-state index in [1.807, 2.05) is 6.92 Å². The molecule has 0 aliphatic carbocycles. The Kier molecular flexibility index (Phi) is 5.86.